The van der Waals surface area contributed by atoms with Gasteiger partial charge in [-0.3, -0.25) is 4.79 Å². The van der Waals surface area contributed by atoms with Gasteiger partial charge in [-0.25, -0.2) is 0 Å². The Labute approximate surface area is 122 Å². The van der Waals surface area contributed by atoms with Gasteiger partial charge in [0.1, 0.15) is 0 Å². The Bertz CT molecular complexity index is 441. The zero-order valence-electron chi connectivity index (χ0n) is 11.6. The second-order valence-electron chi connectivity index (χ2n) is 4.54. The van der Waals surface area contributed by atoms with Crippen LogP contribution in [0.4, 0.5) is 8.78 Å². The molecule has 20 heavy (non-hydrogen) atoms. The molecule has 0 aliphatic rings. The molecule has 6 heteroatoms. The Morgan fingerprint density at radius 3 is 2.55 bits per heavy atom. The van der Waals surface area contributed by atoms with Crippen molar-refractivity contribution in [2.24, 2.45) is 0 Å². The molecule has 0 fully saturated rings. The molecule has 0 saturated heterocycles. The monoisotopic (exact) mass is 303 g/mol. The second-order valence-corrected chi connectivity index (χ2v) is 5.58. The number of benzene rings is 1. The highest BCUT2D eigenvalue weighted by atomic mass is 32.2. The number of aliphatic hydroxyl groups excluding tert-OH is 1. The van der Waals surface area contributed by atoms with Crippen LogP contribution in [-0.2, 0) is 0 Å². The predicted octanol–water partition coefficient (Wildman–Crippen LogP) is 3.23. The fourth-order valence-corrected chi connectivity index (χ4v) is 2.46. The molecular weight excluding hydrogens is 284 g/mol. The van der Waals surface area contributed by atoms with Crippen molar-refractivity contribution in [3.05, 3.63) is 29.8 Å². The average Bonchev–Trinajstić information content (AvgIpc) is 2.38. The molecular formula is C14H19F2NO2S. The largest absolute Gasteiger partial charge is 0.396 e. The lowest BCUT2D eigenvalue weighted by molar-refractivity contribution is 0.0689. The summed E-state index contributed by atoms with van der Waals surface area (Å²) in [6.07, 6.45) is 0.466. The van der Waals surface area contributed by atoms with Gasteiger partial charge in [0.2, 0.25) is 0 Å². The molecule has 0 bridgehead atoms. The molecule has 0 saturated carbocycles. The maximum absolute atomic E-state index is 12.5. The Kier molecular flexibility index (Phi) is 6.95. The van der Waals surface area contributed by atoms with E-state index in [1.165, 1.54) is 6.07 Å². The first kappa shape index (κ1) is 16.9. The quantitative estimate of drug-likeness (QED) is 0.786. The van der Waals surface area contributed by atoms with E-state index in [-0.39, 0.29) is 29.0 Å². The van der Waals surface area contributed by atoms with Crippen molar-refractivity contribution in [3.63, 3.8) is 0 Å². The highest BCUT2D eigenvalue weighted by Crippen LogP contribution is 2.29. The van der Waals surface area contributed by atoms with Crippen LogP contribution < -0.4 is 0 Å². The summed E-state index contributed by atoms with van der Waals surface area (Å²) in [6, 6.07) is 6.32. The third-order valence-corrected chi connectivity index (χ3v) is 3.56. The third-order valence-electron chi connectivity index (χ3n) is 2.77. The molecule has 0 heterocycles. The molecule has 0 spiro atoms. The summed E-state index contributed by atoms with van der Waals surface area (Å²) in [4.78, 5) is 14.3. The standard InChI is InChI=1S/C14H19F2NO2S/c1-10(2)17(8-5-9-18)13(19)11-6-3-4-7-12(11)20-14(15)16/h3-4,6-7,10,14,18H,5,8-9H2,1-2H3. The van der Waals surface area contributed by atoms with Crippen molar-refractivity contribution < 1.29 is 18.7 Å². The van der Waals surface area contributed by atoms with Gasteiger partial charge in [-0.1, -0.05) is 23.9 Å². The number of hydrogen-bond donors (Lipinski definition) is 1. The zero-order valence-corrected chi connectivity index (χ0v) is 12.4. The molecule has 1 aromatic carbocycles. The Balaban J connectivity index is 2.99. The normalized spacial score (nSPS) is 11.2. The van der Waals surface area contributed by atoms with Crippen molar-refractivity contribution in [1.82, 2.24) is 4.90 Å². The molecule has 1 amide bonds. The van der Waals surface area contributed by atoms with Crippen molar-refractivity contribution >= 4 is 17.7 Å². The van der Waals surface area contributed by atoms with Gasteiger partial charge < -0.3 is 10.0 Å². The Hall–Kier alpha value is -1.14. The number of rotatable bonds is 7. The van der Waals surface area contributed by atoms with E-state index in [0.29, 0.717) is 24.7 Å². The second kappa shape index (κ2) is 8.21. The predicted molar refractivity (Wildman–Crippen MR) is 76.2 cm³/mol. The lowest BCUT2D eigenvalue weighted by Crippen LogP contribution is -2.38. The Morgan fingerprint density at radius 1 is 1.35 bits per heavy atom. The van der Waals surface area contributed by atoms with Gasteiger partial charge in [-0.2, -0.15) is 8.78 Å². The lowest BCUT2D eigenvalue weighted by Gasteiger charge is -2.27. The van der Waals surface area contributed by atoms with E-state index in [4.69, 9.17) is 5.11 Å². The van der Waals surface area contributed by atoms with Crippen LogP contribution in [0.3, 0.4) is 0 Å². The van der Waals surface area contributed by atoms with Gasteiger partial charge in [0.25, 0.3) is 11.7 Å². The minimum absolute atomic E-state index is 0.00999. The molecule has 0 aliphatic carbocycles. The number of hydrogen-bond acceptors (Lipinski definition) is 3. The molecule has 0 unspecified atom stereocenters. The summed E-state index contributed by atoms with van der Waals surface area (Å²) in [7, 11) is 0. The number of carbonyl (C=O) groups excluding carboxylic acids is 1. The first-order valence-corrected chi connectivity index (χ1v) is 7.31. The van der Waals surface area contributed by atoms with Crippen LogP contribution in [0.1, 0.15) is 30.6 Å². The summed E-state index contributed by atoms with van der Waals surface area (Å²) in [5, 5.41) is 8.88. The van der Waals surface area contributed by atoms with Crippen molar-refractivity contribution in [2.75, 3.05) is 13.2 Å². The number of nitrogens with zero attached hydrogens (tertiary/aromatic N) is 1. The van der Waals surface area contributed by atoms with E-state index in [9.17, 15) is 13.6 Å². The molecule has 1 rings (SSSR count). The SMILES string of the molecule is CC(C)N(CCCO)C(=O)c1ccccc1SC(F)F. The molecule has 1 aromatic rings. The van der Waals surface area contributed by atoms with Crippen molar-refractivity contribution in [3.8, 4) is 0 Å². The van der Waals surface area contributed by atoms with Gasteiger partial charge in [0, 0.05) is 24.1 Å². The summed E-state index contributed by atoms with van der Waals surface area (Å²) < 4.78 is 25.1. The number of halogens is 2. The van der Waals surface area contributed by atoms with Crippen LogP contribution in [0, 0.1) is 0 Å². The van der Waals surface area contributed by atoms with Crippen molar-refractivity contribution in [1.29, 1.82) is 0 Å². The topological polar surface area (TPSA) is 40.5 Å². The molecule has 112 valence electrons. The summed E-state index contributed by atoms with van der Waals surface area (Å²) in [5.74, 6) is -2.84. The number of aliphatic hydroxyl groups is 1. The minimum Gasteiger partial charge on any atom is -0.396 e. The fourth-order valence-electron chi connectivity index (χ4n) is 1.83. The number of carbonyl (C=O) groups is 1. The lowest BCUT2D eigenvalue weighted by atomic mass is 10.1. The number of thioether (sulfide) groups is 1. The maximum atomic E-state index is 12.5. The van der Waals surface area contributed by atoms with Crippen molar-refractivity contribution in [2.45, 2.75) is 37.0 Å². The Morgan fingerprint density at radius 2 is 2.00 bits per heavy atom. The summed E-state index contributed by atoms with van der Waals surface area (Å²) in [6.45, 7) is 4.11. The molecule has 0 aliphatic heterocycles. The third kappa shape index (κ3) is 4.76. The molecule has 0 aromatic heterocycles. The van der Waals surface area contributed by atoms with E-state index >= 15 is 0 Å². The fraction of sp³-hybridized carbons (Fsp3) is 0.500. The number of amides is 1. The van der Waals surface area contributed by atoms with Crippen LogP contribution in [0.25, 0.3) is 0 Å². The smallest absolute Gasteiger partial charge is 0.288 e. The van der Waals surface area contributed by atoms with Crippen LogP contribution in [-0.4, -0.2) is 40.9 Å². The highest BCUT2D eigenvalue weighted by Gasteiger charge is 2.22. The van der Waals surface area contributed by atoms with Crippen LogP contribution >= 0.6 is 11.8 Å². The van der Waals surface area contributed by atoms with E-state index < -0.39 is 5.76 Å². The highest BCUT2D eigenvalue weighted by molar-refractivity contribution is 7.99. The summed E-state index contributed by atoms with van der Waals surface area (Å²) in [5.41, 5.74) is 0.282. The summed E-state index contributed by atoms with van der Waals surface area (Å²) >= 11 is 0.376. The molecule has 0 atom stereocenters. The van der Waals surface area contributed by atoms with Crippen LogP contribution in [0.5, 0.6) is 0 Å². The number of alkyl halides is 2. The van der Waals surface area contributed by atoms with E-state index in [2.05, 4.69) is 0 Å². The van der Waals surface area contributed by atoms with Gasteiger partial charge in [0.15, 0.2) is 0 Å². The molecule has 3 nitrogen and oxygen atoms in total. The van der Waals surface area contributed by atoms with E-state index in [1.807, 2.05) is 13.8 Å². The van der Waals surface area contributed by atoms with Crippen LogP contribution in [0.2, 0.25) is 0 Å². The van der Waals surface area contributed by atoms with E-state index in [1.54, 1.807) is 23.1 Å². The van der Waals surface area contributed by atoms with Gasteiger partial charge in [-0.05, 0) is 32.4 Å². The van der Waals surface area contributed by atoms with Gasteiger partial charge in [0.05, 0.1) is 5.56 Å². The first-order valence-electron chi connectivity index (χ1n) is 6.43. The molecule has 0 radical (unpaired) electrons. The van der Waals surface area contributed by atoms with E-state index in [0.717, 1.165) is 0 Å². The average molecular weight is 303 g/mol. The van der Waals surface area contributed by atoms with Crippen LogP contribution in [0.15, 0.2) is 29.2 Å². The molecule has 1 N–H and O–H groups in total. The van der Waals surface area contributed by atoms with Gasteiger partial charge >= 0.3 is 0 Å². The zero-order chi connectivity index (χ0) is 15.1. The maximum Gasteiger partial charge on any atom is 0.288 e. The minimum atomic E-state index is -2.56. The first-order chi connectivity index (χ1) is 9.47. The van der Waals surface area contributed by atoms with Gasteiger partial charge in [-0.15, -0.1) is 0 Å².